The number of nitrogens with zero attached hydrogens (tertiary/aromatic N) is 1. The maximum Gasteiger partial charge on any atom is 0.311 e. The fraction of sp³-hybridized carbons (Fsp3) is 0.500. The first-order chi connectivity index (χ1) is 8.62. The second-order valence-electron chi connectivity index (χ2n) is 3.93. The molecule has 0 saturated heterocycles. The lowest BCUT2D eigenvalue weighted by Gasteiger charge is -2.14. The molecule has 0 amide bonds. The molecular formula is C12H18N2O4. The van der Waals surface area contributed by atoms with Crippen LogP contribution in [0.2, 0.25) is 0 Å². The van der Waals surface area contributed by atoms with Crippen LogP contribution in [-0.2, 0) is 6.54 Å². The minimum atomic E-state index is -0.467. The zero-order valence-electron chi connectivity index (χ0n) is 10.5. The van der Waals surface area contributed by atoms with Gasteiger partial charge in [-0.15, -0.1) is 0 Å². The average molecular weight is 254 g/mol. The Morgan fingerprint density at radius 2 is 2.28 bits per heavy atom. The topological polar surface area (TPSA) is 84.6 Å². The first-order valence-corrected chi connectivity index (χ1v) is 5.77. The van der Waals surface area contributed by atoms with Crippen LogP contribution in [-0.4, -0.2) is 29.8 Å². The van der Waals surface area contributed by atoms with E-state index in [1.807, 2.05) is 6.92 Å². The van der Waals surface area contributed by atoms with Gasteiger partial charge in [0.1, 0.15) is 0 Å². The summed E-state index contributed by atoms with van der Waals surface area (Å²) < 4.78 is 4.93. The van der Waals surface area contributed by atoms with Crippen molar-refractivity contribution in [1.82, 2.24) is 5.32 Å². The van der Waals surface area contributed by atoms with E-state index in [9.17, 15) is 10.1 Å². The van der Waals surface area contributed by atoms with Crippen molar-refractivity contribution in [2.24, 2.45) is 0 Å². The summed E-state index contributed by atoms with van der Waals surface area (Å²) in [6.45, 7) is 2.49. The Morgan fingerprint density at radius 1 is 1.56 bits per heavy atom. The number of rotatable bonds is 7. The van der Waals surface area contributed by atoms with Crippen LogP contribution in [0, 0.1) is 10.1 Å². The molecule has 0 aromatic heterocycles. The van der Waals surface area contributed by atoms with E-state index in [1.54, 1.807) is 12.1 Å². The molecule has 0 saturated carbocycles. The Hall–Kier alpha value is -1.66. The van der Waals surface area contributed by atoms with Crippen LogP contribution >= 0.6 is 0 Å². The zero-order chi connectivity index (χ0) is 13.5. The Kier molecular flexibility index (Phi) is 5.54. The number of hydrogen-bond donors (Lipinski definition) is 2. The number of methoxy groups -OCH3 is 1. The summed E-state index contributed by atoms with van der Waals surface area (Å²) in [6.07, 6.45) is 0.800. The molecule has 1 aromatic carbocycles. The van der Waals surface area contributed by atoms with Gasteiger partial charge in [-0.2, -0.15) is 0 Å². The minimum absolute atomic E-state index is 0.00570. The van der Waals surface area contributed by atoms with Gasteiger partial charge in [0, 0.05) is 18.7 Å². The Labute approximate surface area is 106 Å². The Bertz CT molecular complexity index is 405. The van der Waals surface area contributed by atoms with E-state index in [1.165, 1.54) is 13.2 Å². The third-order valence-electron chi connectivity index (χ3n) is 2.75. The quantitative estimate of drug-likeness (QED) is 0.568. The highest BCUT2D eigenvalue weighted by atomic mass is 16.6. The number of nitro groups is 1. The largest absolute Gasteiger partial charge is 0.490 e. The van der Waals surface area contributed by atoms with Gasteiger partial charge < -0.3 is 15.2 Å². The second-order valence-corrected chi connectivity index (χ2v) is 3.93. The summed E-state index contributed by atoms with van der Waals surface area (Å²) >= 11 is 0. The van der Waals surface area contributed by atoms with Gasteiger partial charge in [0.15, 0.2) is 5.75 Å². The predicted molar refractivity (Wildman–Crippen MR) is 67.7 cm³/mol. The molecule has 1 rings (SSSR count). The van der Waals surface area contributed by atoms with E-state index >= 15 is 0 Å². The zero-order valence-corrected chi connectivity index (χ0v) is 10.5. The first-order valence-electron chi connectivity index (χ1n) is 5.77. The van der Waals surface area contributed by atoms with Gasteiger partial charge >= 0.3 is 5.69 Å². The molecule has 2 N–H and O–H groups in total. The number of aliphatic hydroxyl groups is 1. The van der Waals surface area contributed by atoms with Crippen LogP contribution in [0.15, 0.2) is 18.2 Å². The van der Waals surface area contributed by atoms with Crippen LogP contribution in [0.1, 0.15) is 18.9 Å². The number of aliphatic hydroxyl groups excluding tert-OH is 1. The van der Waals surface area contributed by atoms with Crippen LogP contribution in [0.5, 0.6) is 5.75 Å². The molecule has 1 aromatic rings. The van der Waals surface area contributed by atoms with Crippen molar-refractivity contribution < 1.29 is 14.8 Å². The maximum absolute atomic E-state index is 10.8. The van der Waals surface area contributed by atoms with E-state index in [0.717, 1.165) is 12.0 Å². The van der Waals surface area contributed by atoms with Crippen molar-refractivity contribution in [3.05, 3.63) is 33.9 Å². The van der Waals surface area contributed by atoms with Gasteiger partial charge in [-0.3, -0.25) is 10.1 Å². The number of hydrogen-bond acceptors (Lipinski definition) is 5. The monoisotopic (exact) mass is 254 g/mol. The number of benzene rings is 1. The number of ether oxygens (including phenoxy) is 1. The number of nitrogens with one attached hydrogen (secondary N) is 1. The molecule has 6 nitrogen and oxygen atoms in total. The lowest BCUT2D eigenvalue weighted by atomic mass is 10.1. The SMILES string of the molecule is CCC(CO)NCc1ccc(OC)c([N+](=O)[O-])c1. The Morgan fingerprint density at radius 3 is 2.78 bits per heavy atom. The summed E-state index contributed by atoms with van der Waals surface area (Å²) in [5, 5.41) is 23.0. The fourth-order valence-electron chi connectivity index (χ4n) is 1.59. The van der Waals surface area contributed by atoms with Gasteiger partial charge in [-0.25, -0.2) is 0 Å². The van der Waals surface area contributed by atoms with Crippen molar-refractivity contribution in [2.75, 3.05) is 13.7 Å². The molecule has 6 heteroatoms. The predicted octanol–water partition coefficient (Wildman–Crippen LogP) is 1.46. The third kappa shape index (κ3) is 3.68. The molecule has 0 heterocycles. The van der Waals surface area contributed by atoms with Crippen molar-refractivity contribution in [3.8, 4) is 5.75 Å². The molecule has 0 bridgehead atoms. The van der Waals surface area contributed by atoms with Crippen molar-refractivity contribution in [2.45, 2.75) is 25.9 Å². The van der Waals surface area contributed by atoms with E-state index in [-0.39, 0.29) is 24.1 Å². The van der Waals surface area contributed by atoms with Crippen LogP contribution in [0.4, 0.5) is 5.69 Å². The summed E-state index contributed by atoms with van der Waals surface area (Å²) in [6, 6.07) is 4.83. The van der Waals surface area contributed by atoms with Crippen molar-refractivity contribution >= 4 is 5.69 Å². The van der Waals surface area contributed by atoms with Gasteiger partial charge in [0.2, 0.25) is 0 Å². The van der Waals surface area contributed by atoms with Gasteiger partial charge in [0.05, 0.1) is 18.6 Å². The molecule has 1 atom stereocenters. The minimum Gasteiger partial charge on any atom is -0.490 e. The van der Waals surface area contributed by atoms with Crippen LogP contribution < -0.4 is 10.1 Å². The molecule has 1 unspecified atom stereocenters. The number of nitro benzene ring substituents is 1. The van der Waals surface area contributed by atoms with E-state index in [0.29, 0.717) is 6.54 Å². The first kappa shape index (κ1) is 14.4. The van der Waals surface area contributed by atoms with E-state index in [2.05, 4.69) is 5.32 Å². The standard InChI is InChI=1S/C12H18N2O4/c1-3-10(8-15)13-7-9-4-5-12(18-2)11(6-9)14(16)17/h4-6,10,13,15H,3,7-8H2,1-2H3. The molecule has 100 valence electrons. The molecule has 0 radical (unpaired) electrons. The molecule has 0 aliphatic carbocycles. The van der Waals surface area contributed by atoms with Gasteiger partial charge in [-0.1, -0.05) is 13.0 Å². The van der Waals surface area contributed by atoms with Crippen molar-refractivity contribution in [1.29, 1.82) is 0 Å². The lowest BCUT2D eigenvalue weighted by molar-refractivity contribution is -0.385. The van der Waals surface area contributed by atoms with Crippen molar-refractivity contribution in [3.63, 3.8) is 0 Å². The lowest BCUT2D eigenvalue weighted by Crippen LogP contribution is -2.31. The van der Waals surface area contributed by atoms with Crippen LogP contribution in [0.25, 0.3) is 0 Å². The van der Waals surface area contributed by atoms with E-state index < -0.39 is 4.92 Å². The highest BCUT2D eigenvalue weighted by Crippen LogP contribution is 2.27. The smallest absolute Gasteiger partial charge is 0.311 e. The highest BCUT2D eigenvalue weighted by molar-refractivity contribution is 5.48. The maximum atomic E-state index is 10.8. The molecule has 0 aliphatic rings. The van der Waals surface area contributed by atoms with E-state index in [4.69, 9.17) is 9.84 Å². The molecule has 0 fully saturated rings. The summed E-state index contributed by atoms with van der Waals surface area (Å²) in [5.74, 6) is 0.248. The second kappa shape index (κ2) is 6.93. The van der Waals surface area contributed by atoms with Gasteiger partial charge in [0.25, 0.3) is 0 Å². The summed E-state index contributed by atoms with van der Waals surface area (Å²) in [5.41, 5.74) is 0.739. The molecule has 18 heavy (non-hydrogen) atoms. The van der Waals surface area contributed by atoms with Crippen LogP contribution in [0.3, 0.4) is 0 Å². The van der Waals surface area contributed by atoms with Gasteiger partial charge in [-0.05, 0) is 18.1 Å². The fourth-order valence-corrected chi connectivity index (χ4v) is 1.59. The molecular weight excluding hydrogens is 236 g/mol. The molecule has 0 spiro atoms. The summed E-state index contributed by atoms with van der Waals surface area (Å²) in [4.78, 5) is 10.4. The molecule has 0 aliphatic heterocycles. The third-order valence-corrected chi connectivity index (χ3v) is 2.75. The highest BCUT2D eigenvalue weighted by Gasteiger charge is 2.15. The normalized spacial score (nSPS) is 12.2. The summed E-state index contributed by atoms with van der Waals surface area (Å²) in [7, 11) is 1.40. The average Bonchev–Trinajstić information content (AvgIpc) is 2.39. The Balaban J connectivity index is 2.79.